The van der Waals surface area contributed by atoms with Crippen molar-refractivity contribution in [3.05, 3.63) is 11.8 Å². The van der Waals surface area contributed by atoms with Gasteiger partial charge in [0.1, 0.15) is 0 Å². The predicted molar refractivity (Wildman–Crippen MR) is 55.5 cm³/mol. The first-order valence-corrected chi connectivity index (χ1v) is 4.79. The predicted octanol–water partition coefficient (Wildman–Crippen LogP) is 0.906. The van der Waals surface area contributed by atoms with Crippen LogP contribution in [0.2, 0.25) is 0 Å². The lowest BCUT2D eigenvalue weighted by Gasteiger charge is -1.93. The summed E-state index contributed by atoms with van der Waals surface area (Å²) < 4.78 is 5.64. The molecule has 6 nitrogen and oxygen atoms in total. The maximum absolute atomic E-state index is 5.39. The van der Waals surface area contributed by atoms with E-state index in [9.17, 15) is 0 Å². The number of aryl methyl sites for hydroxylation is 2. The molecule has 2 rings (SSSR count). The second-order valence-electron chi connectivity index (χ2n) is 2.88. The number of nitrogens with one attached hydrogen (secondary N) is 1. The maximum atomic E-state index is 5.39. The summed E-state index contributed by atoms with van der Waals surface area (Å²) in [5.41, 5.74) is 6.46. The first-order chi connectivity index (χ1) is 6.65. The van der Waals surface area contributed by atoms with Crippen molar-refractivity contribution >= 4 is 28.4 Å². The molecule has 0 aromatic carbocycles. The van der Waals surface area contributed by atoms with Crippen LogP contribution < -0.4 is 11.1 Å². The van der Waals surface area contributed by atoms with E-state index in [0.29, 0.717) is 5.13 Å². The van der Waals surface area contributed by atoms with Gasteiger partial charge >= 0.3 is 0 Å². The number of rotatable bonds is 2. The van der Waals surface area contributed by atoms with Crippen molar-refractivity contribution in [2.75, 3.05) is 11.1 Å². The Morgan fingerprint density at radius 3 is 2.86 bits per heavy atom. The maximum Gasteiger partial charge on any atom is 0.233 e. The van der Waals surface area contributed by atoms with Gasteiger partial charge in [-0.2, -0.15) is 14.5 Å². The Morgan fingerprint density at radius 1 is 1.57 bits per heavy atom. The topological polar surface area (TPSA) is 81.7 Å². The highest BCUT2D eigenvalue weighted by Gasteiger charge is 2.04. The van der Waals surface area contributed by atoms with Crippen molar-refractivity contribution in [3.63, 3.8) is 0 Å². The lowest BCUT2D eigenvalue weighted by atomic mass is 10.5. The van der Waals surface area contributed by atoms with E-state index in [1.54, 1.807) is 4.68 Å². The number of nitrogen functional groups attached to an aromatic ring is 1. The Morgan fingerprint density at radius 2 is 2.36 bits per heavy atom. The zero-order valence-electron chi connectivity index (χ0n) is 7.85. The van der Waals surface area contributed by atoms with E-state index in [4.69, 9.17) is 5.73 Å². The average molecular weight is 210 g/mol. The van der Waals surface area contributed by atoms with E-state index in [2.05, 4.69) is 19.8 Å². The molecule has 2 aromatic rings. The molecule has 0 aliphatic rings. The molecule has 14 heavy (non-hydrogen) atoms. The quantitative estimate of drug-likeness (QED) is 0.769. The van der Waals surface area contributed by atoms with Gasteiger partial charge < -0.3 is 11.1 Å². The Kier molecular flexibility index (Phi) is 2.08. The van der Waals surface area contributed by atoms with Crippen molar-refractivity contribution in [2.24, 2.45) is 7.05 Å². The average Bonchev–Trinajstić information content (AvgIpc) is 2.62. The fourth-order valence-corrected chi connectivity index (χ4v) is 1.52. The van der Waals surface area contributed by atoms with Crippen molar-refractivity contribution in [2.45, 2.75) is 6.92 Å². The first-order valence-electron chi connectivity index (χ1n) is 4.02. The number of hydrogen-bond acceptors (Lipinski definition) is 6. The van der Waals surface area contributed by atoms with Gasteiger partial charge in [-0.05, 0) is 6.92 Å². The van der Waals surface area contributed by atoms with Crippen LogP contribution in [0.1, 0.15) is 5.69 Å². The van der Waals surface area contributed by atoms with E-state index in [1.807, 2.05) is 20.0 Å². The van der Waals surface area contributed by atoms with Crippen molar-refractivity contribution in [1.82, 2.24) is 19.1 Å². The summed E-state index contributed by atoms with van der Waals surface area (Å²) in [5.74, 6) is 1.03. The van der Waals surface area contributed by atoms with Crippen LogP contribution in [0.4, 0.5) is 16.9 Å². The molecule has 0 atom stereocenters. The third-order valence-electron chi connectivity index (χ3n) is 1.79. The largest absolute Gasteiger partial charge is 0.367 e. The zero-order valence-corrected chi connectivity index (χ0v) is 8.67. The number of anilines is 3. The molecule has 2 heterocycles. The summed E-state index contributed by atoms with van der Waals surface area (Å²) in [4.78, 5) is 3.97. The molecular weight excluding hydrogens is 200 g/mol. The summed E-state index contributed by atoms with van der Waals surface area (Å²) >= 11 is 1.21. The number of aromatic nitrogens is 4. The Balaban J connectivity index is 2.18. The van der Waals surface area contributed by atoms with Gasteiger partial charge in [-0.15, -0.1) is 0 Å². The van der Waals surface area contributed by atoms with Crippen LogP contribution in [0.5, 0.6) is 0 Å². The Hall–Kier alpha value is -1.63. The lowest BCUT2D eigenvalue weighted by molar-refractivity contribution is 0.743. The second-order valence-corrected chi connectivity index (χ2v) is 3.63. The molecule has 0 aliphatic carbocycles. The van der Waals surface area contributed by atoms with Crippen LogP contribution in [0, 0.1) is 6.92 Å². The molecule has 0 saturated carbocycles. The minimum Gasteiger partial charge on any atom is -0.367 e. The van der Waals surface area contributed by atoms with Crippen molar-refractivity contribution in [3.8, 4) is 0 Å². The molecular formula is C7H10N6S. The molecule has 3 N–H and O–H groups in total. The standard InChI is InChI=1S/C7H10N6S/c1-4-3-5(11-13(4)2)9-7-10-6(8)12-14-7/h3H,1-2H3,(H3,8,9,10,11,12). The molecule has 0 unspecified atom stereocenters. The first kappa shape index (κ1) is 8.95. The molecule has 7 heteroatoms. The van der Waals surface area contributed by atoms with Crippen LogP contribution >= 0.6 is 11.5 Å². The second kappa shape index (κ2) is 3.26. The zero-order chi connectivity index (χ0) is 10.1. The third kappa shape index (κ3) is 1.67. The molecule has 0 amide bonds. The summed E-state index contributed by atoms with van der Waals surface area (Å²) in [6.45, 7) is 1.98. The smallest absolute Gasteiger partial charge is 0.233 e. The summed E-state index contributed by atoms with van der Waals surface area (Å²) in [5, 5.41) is 7.89. The van der Waals surface area contributed by atoms with Gasteiger partial charge in [0.25, 0.3) is 0 Å². The monoisotopic (exact) mass is 210 g/mol. The molecule has 0 radical (unpaired) electrons. The summed E-state index contributed by atoms with van der Waals surface area (Å²) in [6.07, 6.45) is 0. The highest BCUT2D eigenvalue weighted by Crippen LogP contribution is 2.18. The number of nitrogens with two attached hydrogens (primary N) is 1. The van der Waals surface area contributed by atoms with E-state index < -0.39 is 0 Å². The molecule has 0 aliphatic heterocycles. The SMILES string of the molecule is Cc1cc(Nc2nc(N)ns2)nn1C. The molecule has 2 aromatic heterocycles. The lowest BCUT2D eigenvalue weighted by Crippen LogP contribution is -1.95. The van der Waals surface area contributed by atoms with Crippen LogP contribution in [0.15, 0.2) is 6.07 Å². The van der Waals surface area contributed by atoms with Crippen molar-refractivity contribution in [1.29, 1.82) is 0 Å². The number of hydrogen-bond donors (Lipinski definition) is 2. The van der Waals surface area contributed by atoms with E-state index in [-0.39, 0.29) is 5.95 Å². The van der Waals surface area contributed by atoms with Gasteiger partial charge in [-0.25, -0.2) is 0 Å². The summed E-state index contributed by atoms with van der Waals surface area (Å²) in [6, 6.07) is 1.93. The van der Waals surface area contributed by atoms with Crippen molar-refractivity contribution < 1.29 is 0 Å². The Labute approximate surface area is 84.9 Å². The molecule has 0 bridgehead atoms. The van der Waals surface area contributed by atoms with Crippen LogP contribution in [-0.4, -0.2) is 19.1 Å². The molecule has 0 fully saturated rings. The number of nitrogens with zero attached hydrogens (tertiary/aromatic N) is 4. The highest BCUT2D eigenvalue weighted by molar-refractivity contribution is 7.09. The van der Waals surface area contributed by atoms with Gasteiger partial charge in [0.05, 0.1) is 0 Å². The summed E-state index contributed by atoms with van der Waals surface area (Å²) in [7, 11) is 1.88. The van der Waals surface area contributed by atoms with Gasteiger partial charge in [0.15, 0.2) is 5.82 Å². The van der Waals surface area contributed by atoms with Gasteiger partial charge in [0.2, 0.25) is 11.1 Å². The molecule has 0 saturated heterocycles. The fourth-order valence-electron chi connectivity index (χ4n) is 1.02. The van der Waals surface area contributed by atoms with Crippen LogP contribution in [0.25, 0.3) is 0 Å². The molecule has 74 valence electrons. The third-order valence-corrected chi connectivity index (χ3v) is 2.44. The van der Waals surface area contributed by atoms with Gasteiger partial charge in [0, 0.05) is 30.3 Å². The van der Waals surface area contributed by atoms with E-state index in [1.165, 1.54) is 11.5 Å². The highest BCUT2D eigenvalue weighted by atomic mass is 32.1. The Bertz CT molecular complexity index is 425. The normalized spacial score (nSPS) is 10.4. The van der Waals surface area contributed by atoms with Gasteiger partial charge in [-0.3, -0.25) is 4.68 Å². The fraction of sp³-hybridized carbons (Fsp3) is 0.286. The van der Waals surface area contributed by atoms with E-state index in [0.717, 1.165) is 11.5 Å². The minimum atomic E-state index is 0.283. The van der Waals surface area contributed by atoms with Crippen LogP contribution in [-0.2, 0) is 7.05 Å². The minimum absolute atomic E-state index is 0.283. The van der Waals surface area contributed by atoms with Gasteiger partial charge in [-0.1, -0.05) is 0 Å². The molecule has 0 spiro atoms. The van der Waals surface area contributed by atoms with E-state index >= 15 is 0 Å². The van der Waals surface area contributed by atoms with Crippen LogP contribution in [0.3, 0.4) is 0 Å².